The van der Waals surface area contributed by atoms with E-state index >= 15 is 0 Å². The first-order chi connectivity index (χ1) is 9.63. The summed E-state index contributed by atoms with van der Waals surface area (Å²) in [5.74, 6) is 2.79. The van der Waals surface area contributed by atoms with E-state index in [1.54, 1.807) is 11.8 Å². The second kappa shape index (κ2) is 7.16. The molecule has 2 unspecified atom stereocenters. The first kappa shape index (κ1) is 15.4. The topological polar surface area (TPSA) is 41.0 Å². The molecule has 0 radical (unpaired) electrons. The summed E-state index contributed by atoms with van der Waals surface area (Å²) >= 11 is 1.60. The molecule has 0 spiro atoms. The van der Waals surface area contributed by atoms with Crippen LogP contribution in [-0.4, -0.2) is 35.9 Å². The summed E-state index contributed by atoms with van der Waals surface area (Å²) < 4.78 is 0. The summed E-state index contributed by atoms with van der Waals surface area (Å²) in [6.07, 6.45) is 7.27. The van der Waals surface area contributed by atoms with Gasteiger partial charge in [0.15, 0.2) is 5.16 Å². The Balaban J connectivity index is 2.19. The molecular formula is C15H26N4S. The van der Waals surface area contributed by atoms with Crippen molar-refractivity contribution >= 4 is 23.4 Å². The van der Waals surface area contributed by atoms with Gasteiger partial charge in [-0.2, -0.15) is 0 Å². The molecule has 0 saturated heterocycles. The fourth-order valence-corrected chi connectivity index (χ4v) is 3.27. The minimum atomic E-state index is 0.609. The zero-order valence-electron chi connectivity index (χ0n) is 13.0. The Morgan fingerprint density at radius 1 is 1.40 bits per heavy atom. The van der Waals surface area contributed by atoms with E-state index in [1.807, 2.05) is 6.26 Å². The molecule has 1 aromatic rings. The van der Waals surface area contributed by atoms with Gasteiger partial charge in [-0.25, -0.2) is 9.97 Å². The fraction of sp³-hybridized carbons (Fsp3) is 0.733. The summed E-state index contributed by atoms with van der Waals surface area (Å²) in [7, 11) is 2.17. The highest BCUT2D eigenvalue weighted by atomic mass is 32.2. The first-order valence-corrected chi connectivity index (χ1v) is 8.76. The number of aromatic nitrogens is 2. The number of anilines is 2. The van der Waals surface area contributed by atoms with Crippen LogP contribution in [0.25, 0.3) is 0 Å². The Morgan fingerprint density at radius 2 is 2.20 bits per heavy atom. The van der Waals surface area contributed by atoms with Gasteiger partial charge in [0.05, 0.1) is 0 Å². The molecule has 1 saturated carbocycles. The number of nitrogens with one attached hydrogen (secondary N) is 1. The van der Waals surface area contributed by atoms with E-state index in [4.69, 9.17) is 0 Å². The van der Waals surface area contributed by atoms with Crippen molar-refractivity contribution in [2.24, 2.45) is 5.92 Å². The molecule has 20 heavy (non-hydrogen) atoms. The van der Waals surface area contributed by atoms with Crippen LogP contribution in [0.1, 0.15) is 39.5 Å². The Morgan fingerprint density at radius 3 is 2.85 bits per heavy atom. The van der Waals surface area contributed by atoms with Crippen molar-refractivity contribution in [2.45, 2.75) is 50.7 Å². The predicted octanol–water partition coefficient (Wildman–Crippen LogP) is 3.65. The molecule has 0 aliphatic heterocycles. The lowest BCUT2D eigenvalue weighted by atomic mass is 9.86. The molecule has 0 amide bonds. The molecule has 112 valence electrons. The lowest BCUT2D eigenvalue weighted by Crippen LogP contribution is -2.36. The van der Waals surface area contributed by atoms with Crippen LogP contribution < -0.4 is 10.2 Å². The predicted molar refractivity (Wildman–Crippen MR) is 87.8 cm³/mol. The summed E-state index contributed by atoms with van der Waals surface area (Å²) in [4.78, 5) is 11.5. The maximum Gasteiger partial charge on any atom is 0.191 e. The van der Waals surface area contributed by atoms with Crippen LogP contribution in [0, 0.1) is 5.92 Å². The van der Waals surface area contributed by atoms with E-state index in [9.17, 15) is 0 Å². The normalized spacial score (nSPS) is 22.6. The van der Waals surface area contributed by atoms with Gasteiger partial charge in [0, 0.05) is 25.7 Å². The SMILES string of the molecule is CCNc1cc(N(C)C2CCCC(C)C2)nc(SC)n1. The van der Waals surface area contributed by atoms with Gasteiger partial charge in [-0.1, -0.05) is 31.5 Å². The molecule has 5 heteroatoms. The molecule has 1 fully saturated rings. The van der Waals surface area contributed by atoms with Gasteiger partial charge in [-0.3, -0.25) is 0 Å². The van der Waals surface area contributed by atoms with Crippen LogP contribution in [-0.2, 0) is 0 Å². The molecule has 1 aromatic heterocycles. The number of rotatable bonds is 5. The summed E-state index contributed by atoms with van der Waals surface area (Å²) in [6.45, 7) is 5.33. The Hall–Kier alpha value is -0.970. The van der Waals surface area contributed by atoms with Crippen LogP contribution >= 0.6 is 11.8 Å². The highest BCUT2D eigenvalue weighted by Crippen LogP contribution is 2.30. The highest BCUT2D eigenvalue weighted by Gasteiger charge is 2.23. The molecule has 4 nitrogen and oxygen atoms in total. The maximum absolute atomic E-state index is 4.67. The average molecular weight is 294 g/mol. The van der Waals surface area contributed by atoms with Crippen molar-refractivity contribution in [2.75, 3.05) is 30.1 Å². The molecule has 0 aromatic carbocycles. The molecule has 2 rings (SSSR count). The van der Waals surface area contributed by atoms with Gasteiger partial charge >= 0.3 is 0 Å². The molecule has 1 heterocycles. The molecule has 0 bridgehead atoms. The smallest absolute Gasteiger partial charge is 0.191 e. The van der Waals surface area contributed by atoms with E-state index in [0.717, 1.165) is 29.3 Å². The van der Waals surface area contributed by atoms with Crippen molar-refractivity contribution in [1.29, 1.82) is 0 Å². The van der Waals surface area contributed by atoms with E-state index < -0.39 is 0 Å². The Kier molecular flexibility index (Phi) is 5.52. The number of hydrogen-bond donors (Lipinski definition) is 1. The monoisotopic (exact) mass is 294 g/mol. The van der Waals surface area contributed by atoms with E-state index in [2.05, 4.69) is 47.1 Å². The van der Waals surface area contributed by atoms with E-state index in [0.29, 0.717) is 6.04 Å². The highest BCUT2D eigenvalue weighted by molar-refractivity contribution is 7.98. The summed E-state index contributed by atoms with van der Waals surface area (Å²) in [5, 5.41) is 4.14. The van der Waals surface area contributed by atoms with Gasteiger partial charge in [0.25, 0.3) is 0 Å². The minimum Gasteiger partial charge on any atom is -0.370 e. The van der Waals surface area contributed by atoms with Crippen molar-refractivity contribution in [3.63, 3.8) is 0 Å². The minimum absolute atomic E-state index is 0.609. The van der Waals surface area contributed by atoms with Gasteiger partial charge in [0.1, 0.15) is 11.6 Å². The third-order valence-electron chi connectivity index (χ3n) is 4.05. The maximum atomic E-state index is 4.67. The average Bonchev–Trinajstić information content (AvgIpc) is 2.46. The van der Waals surface area contributed by atoms with Crippen LogP contribution in [0.15, 0.2) is 11.2 Å². The van der Waals surface area contributed by atoms with Crippen LogP contribution in [0.4, 0.5) is 11.6 Å². The molecular weight excluding hydrogens is 268 g/mol. The second-order valence-corrected chi connectivity index (χ2v) is 6.44. The van der Waals surface area contributed by atoms with Gasteiger partial charge < -0.3 is 10.2 Å². The molecule has 1 aliphatic rings. The van der Waals surface area contributed by atoms with Gasteiger partial charge in [-0.05, 0) is 31.9 Å². The number of thioether (sulfide) groups is 1. The standard InChI is InChI=1S/C15H26N4S/c1-5-16-13-10-14(18-15(17-13)20-4)19(3)12-8-6-7-11(2)9-12/h10-12H,5-9H2,1-4H3,(H,16,17,18). The Bertz CT molecular complexity index is 438. The van der Waals surface area contributed by atoms with Crippen LogP contribution in [0.2, 0.25) is 0 Å². The van der Waals surface area contributed by atoms with Crippen LogP contribution in [0.5, 0.6) is 0 Å². The van der Waals surface area contributed by atoms with Crippen LogP contribution in [0.3, 0.4) is 0 Å². The molecule has 1 aliphatic carbocycles. The molecule has 1 N–H and O–H groups in total. The number of hydrogen-bond acceptors (Lipinski definition) is 5. The summed E-state index contributed by atoms with van der Waals surface area (Å²) in [6, 6.07) is 2.68. The van der Waals surface area contributed by atoms with Gasteiger partial charge in [0.2, 0.25) is 0 Å². The van der Waals surface area contributed by atoms with Crippen molar-refractivity contribution in [3.8, 4) is 0 Å². The van der Waals surface area contributed by atoms with Crippen molar-refractivity contribution in [1.82, 2.24) is 9.97 Å². The third kappa shape index (κ3) is 3.78. The summed E-state index contributed by atoms with van der Waals surface area (Å²) in [5.41, 5.74) is 0. The lowest BCUT2D eigenvalue weighted by molar-refractivity contribution is 0.335. The fourth-order valence-electron chi connectivity index (χ4n) is 2.90. The second-order valence-electron chi connectivity index (χ2n) is 5.66. The first-order valence-electron chi connectivity index (χ1n) is 7.53. The zero-order valence-corrected chi connectivity index (χ0v) is 13.8. The Labute approximate surface area is 126 Å². The number of nitrogens with zero attached hydrogens (tertiary/aromatic N) is 3. The van der Waals surface area contributed by atoms with Crippen molar-refractivity contribution < 1.29 is 0 Å². The third-order valence-corrected chi connectivity index (χ3v) is 4.60. The largest absolute Gasteiger partial charge is 0.370 e. The van der Waals surface area contributed by atoms with E-state index in [1.165, 1.54) is 25.7 Å². The van der Waals surface area contributed by atoms with Crippen molar-refractivity contribution in [3.05, 3.63) is 6.07 Å². The zero-order chi connectivity index (χ0) is 14.5. The molecule has 2 atom stereocenters. The van der Waals surface area contributed by atoms with E-state index in [-0.39, 0.29) is 0 Å². The lowest BCUT2D eigenvalue weighted by Gasteiger charge is -2.35. The quantitative estimate of drug-likeness (QED) is 0.663. The van der Waals surface area contributed by atoms with Gasteiger partial charge in [-0.15, -0.1) is 0 Å².